The zero-order valence-corrected chi connectivity index (χ0v) is 15.5. The van der Waals surface area contributed by atoms with Crippen molar-refractivity contribution in [1.29, 1.82) is 0 Å². The lowest BCUT2D eigenvalue weighted by molar-refractivity contribution is 0.0725. The largest absolute Gasteiger partial charge is 0.397 e. The molecule has 5 nitrogen and oxygen atoms in total. The first kappa shape index (κ1) is 18.7. The Labute approximate surface area is 159 Å². The van der Waals surface area contributed by atoms with Crippen molar-refractivity contribution in [3.05, 3.63) is 76.4 Å². The number of nitrogens with two attached hydrogens (primary N) is 2. The van der Waals surface area contributed by atoms with E-state index in [1.54, 1.807) is 12.1 Å². The van der Waals surface area contributed by atoms with Gasteiger partial charge >= 0.3 is 0 Å². The maximum absolute atomic E-state index is 6.22. The summed E-state index contributed by atoms with van der Waals surface area (Å²) >= 11 is 5.92. The number of ether oxygens (including phenoxy) is 1. The van der Waals surface area contributed by atoms with E-state index in [9.17, 15) is 0 Å². The van der Waals surface area contributed by atoms with Crippen LogP contribution in [0.25, 0.3) is 5.70 Å². The Balaban J connectivity index is 1.54. The molecule has 2 aromatic rings. The number of hydrogen-bond acceptors (Lipinski definition) is 5. The summed E-state index contributed by atoms with van der Waals surface area (Å²) in [4.78, 5) is 2.40. The van der Waals surface area contributed by atoms with Crippen LogP contribution >= 0.6 is 11.6 Å². The van der Waals surface area contributed by atoms with Gasteiger partial charge in [0.05, 0.1) is 24.1 Å². The van der Waals surface area contributed by atoms with Gasteiger partial charge in [0.25, 0.3) is 0 Å². The minimum atomic E-state index is 0.181. The zero-order valence-electron chi connectivity index (χ0n) is 14.7. The SMILES string of the molecule is NN/C(COC1CCN(Cc2ccccc2)C1)=C(\N)c1ccc(Cl)cc1. The lowest BCUT2D eigenvalue weighted by Gasteiger charge is -2.18. The van der Waals surface area contributed by atoms with Crippen LogP contribution in [-0.2, 0) is 11.3 Å². The van der Waals surface area contributed by atoms with Gasteiger partial charge in [-0.2, -0.15) is 0 Å². The monoisotopic (exact) mass is 372 g/mol. The molecular weight excluding hydrogens is 348 g/mol. The van der Waals surface area contributed by atoms with Crippen molar-refractivity contribution in [2.75, 3.05) is 19.7 Å². The van der Waals surface area contributed by atoms with Crippen molar-refractivity contribution in [2.45, 2.75) is 19.1 Å². The molecule has 1 aliphatic rings. The molecule has 0 amide bonds. The molecule has 1 unspecified atom stereocenters. The third-order valence-corrected chi connectivity index (χ3v) is 4.85. The molecule has 1 fully saturated rings. The Bertz CT molecular complexity index is 733. The predicted octanol–water partition coefficient (Wildman–Crippen LogP) is 2.72. The van der Waals surface area contributed by atoms with Gasteiger partial charge in [0, 0.05) is 24.7 Å². The second-order valence-corrected chi connectivity index (χ2v) is 6.92. The molecule has 0 spiro atoms. The van der Waals surface area contributed by atoms with Gasteiger partial charge in [-0.3, -0.25) is 10.7 Å². The number of nitrogens with one attached hydrogen (secondary N) is 1. The molecule has 5 N–H and O–H groups in total. The fourth-order valence-electron chi connectivity index (χ4n) is 3.12. The highest BCUT2D eigenvalue weighted by Gasteiger charge is 2.23. The van der Waals surface area contributed by atoms with Gasteiger partial charge in [0.1, 0.15) is 0 Å². The molecule has 1 saturated heterocycles. The molecular formula is C20H25ClN4O. The molecule has 1 atom stereocenters. The van der Waals surface area contributed by atoms with E-state index in [1.807, 2.05) is 18.2 Å². The summed E-state index contributed by atoms with van der Waals surface area (Å²) in [5, 5.41) is 0.671. The number of hydrazine groups is 1. The first-order chi connectivity index (χ1) is 12.7. The van der Waals surface area contributed by atoms with Crippen LogP contribution in [-0.4, -0.2) is 30.7 Å². The molecule has 0 saturated carbocycles. The first-order valence-electron chi connectivity index (χ1n) is 8.75. The maximum atomic E-state index is 6.22. The highest BCUT2D eigenvalue weighted by Crippen LogP contribution is 2.19. The molecule has 6 heteroatoms. The minimum Gasteiger partial charge on any atom is -0.397 e. The molecule has 0 aromatic heterocycles. The number of nitrogens with zero attached hydrogens (tertiary/aromatic N) is 1. The summed E-state index contributed by atoms with van der Waals surface area (Å²) in [5.74, 6) is 5.65. The van der Waals surface area contributed by atoms with Gasteiger partial charge in [-0.1, -0.05) is 54.1 Å². The third-order valence-electron chi connectivity index (χ3n) is 4.60. The van der Waals surface area contributed by atoms with Crippen molar-refractivity contribution >= 4 is 17.3 Å². The van der Waals surface area contributed by atoms with Crippen LogP contribution in [0.15, 0.2) is 60.3 Å². The van der Waals surface area contributed by atoms with E-state index in [0.29, 0.717) is 23.0 Å². The predicted molar refractivity (Wildman–Crippen MR) is 106 cm³/mol. The number of halogens is 1. The van der Waals surface area contributed by atoms with E-state index in [1.165, 1.54) is 5.56 Å². The Hall–Kier alpha value is -2.05. The minimum absolute atomic E-state index is 0.181. The van der Waals surface area contributed by atoms with E-state index in [0.717, 1.165) is 31.6 Å². The smallest absolute Gasteiger partial charge is 0.0901 e. The molecule has 3 rings (SSSR count). The van der Waals surface area contributed by atoms with Crippen molar-refractivity contribution in [3.8, 4) is 0 Å². The topological polar surface area (TPSA) is 76.5 Å². The Morgan fingerprint density at radius 3 is 2.58 bits per heavy atom. The van der Waals surface area contributed by atoms with Gasteiger partial charge in [0.2, 0.25) is 0 Å². The van der Waals surface area contributed by atoms with E-state index in [-0.39, 0.29) is 6.10 Å². The number of hydrogen-bond donors (Lipinski definition) is 3. The first-order valence-corrected chi connectivity index (χ1v) is 9.12. The number of benzene rings is 2. The maximum Gasteiger partial charge on any atom is 0.0901 e. The third kappa shape index (κ3) is 4.99. The quantitative estimate of drug-likeness (QED) is 0.514. The Morgan fingerprint density at radius 1 is 1.15 bits per heavy atom. The standard InChI is InChI=1S/C20H25ClN4O/c21-17-8-6-16(7-9-17)20(22)19(24-23)14-26-18-10-11-25(13-18)12-15-4-2-1-3-5-15/h1-9,18,24H,10-14,22-23H2/b20-19-. The summed E-state index contributed by atoms with van der Waals surface area (Å²) in [6.07, 6.45) is 1.19. The van der Waals surface area contributed by atoms with Crippen molar-refractivity contribution in [2.24, 2.45) is 11.6 Å². The average Bonchev–Trinajstić information content (AvgIpc) is 3.11. The van der Waals surface area contributed by atoms with Crippen LogP contribution in [0.2, 0.25) is 5.02 Å². The van der Waals surface area contributed by atoms with Crippen LogP contribution in [0, 0.1) is 0 Å². The van der Waals surface area contributed by atoms with Crippen LogP contribution in [0.1, 0.15) is 17.5 Å². The van der Waals surface area contributed by atoms with Crippen LogP contribution < -0.4 is 17.0 Å². The summed E-state index contributed by atoms with van der Waals surface area (Å²) in [6, 6.07) is 17.8. The van der Waals surface area contributed by atoms with Crippen LogP contribution in [0.5, 0.6) is 0 Å². The number of likely N-dealkylation sites (tertiary alicyclic amines) is 1. The molecule has 0 aliphatic carbocycles. The molecule has 2 aromatic carbocycles. The fourth-order valence-corrected chi connectivity index (χ4v) is 3.25. The molecule has 26 heavy (non-hydrogen) atoms. The summed E-state index contributed by atoms with van der Waals surface area (Å²) in [5.41, 5.74) is 12.3. The second kappa shape index (κ2) is 9.05. The molecule has 1 heterocycles. The molecule has 1 aliphatic heterocycles. The molecule has 0 radical (unpaired) electrons. The van der Waals surface area contributed by atoms with Gasteiger partial charge in [-0.05, 0) is 29.7 Å². The van der Waals surface area contributed by atoms with E-state index >= 15 is 0 Å². The van der Waals surface area contributed by atoms with Crippen molar-refractivity contribution in [1.82, 2.24) is 10.3 Å². The Morgan fingerprint density at radius 2 is 1.88 bits per heavy atom. The van der Waals surface area contributed by atoms with Crippen LogP contribution in [0.3, 0.4) is 0 Å². The average molecular weight is 373 g/mol. The highest BCUT2D eigenvalue weighted by molar-refractivity contribution is 6.30. The van der Waals surface area contributed by atoms with E-state index in [2.05, 4.69) is 34.6 Å². The highest BCUT2D eigenvalue weighted by atomic mass is 35.5. The van der Waals surface area contributed by atoms with E-state index in [4.69, 9.17) is 27.9 Å². The summed E-state index contributed by atoms with van der Waals surface area (Å²) in [6.45, 7) is 3.25. The summed E-state index contributed by atoms with van der Waals surface area (Å²) in [7, 11) is 0. The lowest BCUT2D eigenvalue weighted by Crippen LogP contribution is -2.30. The van der Waals surface area contributed by atoms with Gasteiger partial charge < -0.3 is 15.9 Å². The molecule has 138 valence electrons. The molecule has 0 bridgehead atoms. The van der Waals surface area contributed by atoms with Crippen LogP contribution in [0.4, 0.5) is 0 Å². The van der Waals surface area contributed by atoms with Crippen molar-refractivity contribution < 1.29 is 4.74 Å². The van der Waals surface area contributed by atoms with Crippen molar-refractivity contribution in [3.63, 3.8) is 0 Å². The number of rotatable bonds is 7. The normalized spacial score (nSPS) is 18.6. The van der Waals surface area contributed by atoms with Gasteiger partial charge in [-0.15, -0.1) is 0 Å². The van der Waals surface area contributed by atoms with Gasteiger partial charge in [0.15, 0.2) is 0 Å². The Kier molecular flexibility index (Phi) is 6.52. The summed E-state index contributed by atoms with van der Waals surface area (Å²) < 4.78 is 6.04. The zero-order chi connectivity index (χ0) is 18.4. The second-order valence-electron chi connectivity index (χ2n) is 6.49. The van der Waals surface area contributed by atoms with E-state index < -0.39 is 0 Å². The lowest BCUT2D eigenvalue weighted by atomic mass is 10.1. The fraction of sp³-hybridized carbons (Fsp3) is 0.300. The van der Waals surface area contributed by atoms with Gasteiger partial charge in [-0.25, -0.2) is 0 Å².